The molecule has 8 heteroatoms. The molecule has 0 saturated carbocycles. The summed E-state index contributed by atoms with van der Waals surface area (Å²) in [5, 5.41) is 2.61. The third-order valence-corrected chi connectivity index (χ3v) is 3.82. The average molecular weight is 366 g/mol. The molecule has 1 aromatic heterocycles. The zero-order valence-electron chi connectivity index (χ0n) is 14.3. The van der Waals surface area contributed by atoms with Crippen LogP contribution in [-0.4, -0.2) is 15.6 Å². The second-order valence-corrected chi connectivity index (χ2v) is 5.75. The molecular formula is C19H18N4O4. The van der Waals surface area contributed by atoms with Gasteiger partial charge in [-0.25, -0.2) is 4.79 Å². The van der Waals surface area contributed by atoms with Gasteiger partial charge in [0, 0.05) is 6.54 Å². The van der Waals surface area contributed by atoms with Gasteiger partial charge >= 0.3 is 11.2 Å². The van der Waals surface area contributed by atoms with E-state index in [1.807, 2.05) is 36.4 Å². The van der Waals surface area contributed by atoms with Crippen molar-refractivity contribution in [3.63, 3.8) is 0 Å². The number of carbonyl (C=O) groups excluding carboxylic acids is 1. The molecule has 3 rings (SSSR count). The van der Waals surface area contributed by atoms with Crippen molar-refractivity contribution in [2.24, 2.45) is 0 Å². The maximum Gasteiger partial charge on any atom is 0.363 e. The molecule has 8 nitrogen and oxygen atoms in total. The van der Waals surface area contributed by atoms with Crippen molar-refractivity contribution in [2.45, 2.75) is 13.2 Å². The first-order chi connectivity index (χ1) is 13.1. The molecule has 3 aromatic rings. The molecule has 0 bridgehead atoms. The Hall–Kier alpha value is -3.81. The van der Waals surface area contributed by atoms with Gasteiger partial charge in [0.15, 0.2) is 0 Å². The number of nitrogen functional groups attached to an aromatic ring is 1. The lowest BCUT2D eigenvalue weighted by molar-refractivity contribution is 0.0764. The highest BCUT2D eigenvalue weighted by Crippen LogP contribution is 2.03. The van der Waals surface area contributed by atoms with Crippen LogP contribution in [0.1, 0.15) is 21.5 Å². The number of carbonyl (C=O) groups is 1. The Morgan fingerprint density at radius 3 is 2.22 bits per heavy atom. The van der Waals surface area contributed by atoms with Crippen LogP contribution in [-0.2, 0) is 13.2 Å². The number of benzene rings is 2. The number of H-pyrrole nitrogens is 1. The molecule has 4 N–H and O–H groups in total. The van der Waals surface area contributed by atoms with E-state index in [4.69, 9.17) is 10.6 Å². The lowest BCUT2D eigenvalue weighted by Gasteiger charge is -2.11. The van der Waals surface area contributed by atoms with Crippen molar-refractivity contribution in [3.8, 4) is 0 Å². The quantitative estimate of drug-likeness (QED) is 0.593. The summed E-state index contributed by atoms with van der Waals surface area (Å²) in [6.45, 7) is 0.196. The topological polar surface area (TPSA) is 119 Å². The highest BCUT2D eigenvalue weighted by molar-refractivity contribution is 5.97. The van der Waals surface area contributed by atoms with Gasteiger partial charge in [-0.3, -0.25) is 14.6 Å². The predicted octanol–water partition coefficient (Wildman–Crippen LogP) is 0.678. The third kappa shape index (κ3) is 4.24. The van der Waals surface area contributed by atoms with Gasteiger partial charge in [0.1, 0.15) is 18.0 Å². The highest BCUT2D eigenvalue weighted by atomic mass is 16.7. The van der Waals surface area contributed by atoms with Crippen LogP contribution in [0.5, 0.6) is 0 Å². The van der Waals surface area contributed by atoms with E-state index < -0.39 is 17.2 Å². The van der Waals surface area contributed by atoms with Crippen molar-refractivity contribution in [1.29, 1.82) is 0 Å². The van der Waals surface area contributed by atoms with Gasteiger partial charge in [-0.05, 0) is 11.1 Å². The summed E-state index contributed by atoms with van der Waals surface area (Å²) < 4.78 is 0.501. The molecule has 138 valence electrons. The van der Waals surface area contributed by atoms with E-state index in [0.717, 1.165) is 11.1 Å². The summed E-state index contributed by atoms with van der Waals surface area (Å²) in [5.41, 5.74) is 5.15. The molecule has 1 heterocycles. The summed E-state index contributed by atoms with van der Waals surface area (Å²) in [5.74, 6) is -1.01. The van der Waals surface area contributed by atoms with Crippen LogP contribution >= 0.6 is 0 Å². The average Bonchev–Trinajstić information content (AvgIpc) is 2.67. The van der Waals surface area contributed by atoms with Crippen molar-refractivity contribution >= 4 is 11.7 Å². The number of anilines is 1. The largest absolute Gasteiger partial charge is 0.401 e. The third-order valence-electron chi connectivity index (χ3n) is 3.82. The van der Waals surface area contributed by atoms with Crippen LogP contribution in [0.15, 0.2) is 70.3 Å². The molecule has 0 atom stereocenters. The number of nitrogens with one attached hydrogen (secondary N) is 2. The number of aromatic amines is 1. The number of rotatable bonds is 6. The summed E-state index contributed by atoms with van der Waals surface area (Å²) in [6, 6.07) is 18.2. The smallest absolute Gasteiger partial charge is 0.363 e. The maximum atomic E-state index is 12.6. The van der Waals surface area contributed by atoms with Crippen molar-refractivity contribution in [3.05, 3.63) is 98.2 Å². The molecular weight excluding hydrogens is 348 g/mol. The van der Waals surface area contributed by atoms with E-state index in [-0.39, 0.29) is 24.5 Å². The minimum Gasteiger partial charge on any atom is -0.401 e. The van der Waals surface area contributed by atoms with Crippen LogP contribution in [0.2, 0.25) is 0 Å². The molecule has 2 aromatic carbocycles. The first-order valence-electron chi connectivity index (χ1n) is 8.20. The van der Waals surface area contributed by atoms with Gasteiger partial charge in [-0.15, -0.1) is 0 Å². The van der Waals surface area contributed by atoms with E-state index in [9.17, 15) is 14.4 Å². The number of aromatic nitrogens is 2. The molecule has 0 spiro atoms. The molecule has 0 aliphatic carbocycles. The SMILES string of the molecule is Nc1[nH]c(=O)n(OCc2ccccc2)c(=O)c1C(=O)NCc1ccccc1. The Balaban J connectivity index is 1.81. The molecule has 0 aliphatic rings. The lowest BCUT2D eigenvalue weighted by Crippen LogP contribution is -2.44. The zero-order valence-corrected chi connectivity index (χ0v) is 14.3. The second kappa shape index (κ2) is 8.05. The number of nitrogens with zero attached hydrogens (tertiary/aromatic N) is 1. The van der Waals surface area contributed by atoms with Gasteiger partial charge in [0.05, 0.1) is 0 Å². The molecule has 0 aliphatic heterocycles. The second-order valence-electron chi connectivity index (χ2n) is 5.75. The van der Waals surface area contributed by atoms with Crippen LogP contribution < -0.4 is 27.1 Å². The van der Waals surface area contributed by atoms with Gasteiger partial charge in [-0.1, -0.05) is 65.4 Å². The highest BCUT2D eigenvalue weighted by Gasteiger charge is 2.20. The fraction of sp³-hybridized carbons (Fsp3) is 0.105. The van der Waals surface area contributed by atoms with Gasteiger partial charge in [-0.2, -0.15) is 0 Å². The van der Waals surface area contributed by atoms with Crippen LogP contribution in [0.4, 0.5) is 5.82 Å². The summed E-state index contributed by atoms with van der Waals surface area (Å²) in [7, 11) is 0. The normalized spacial score (nSPS) is 10.4. The number of amides is 1. The molecule has 0 unspecified atom stereocenters. The Kier molecular flexibility index (Phi) is 5.36. The van der Waals surface area contributed by atoms with Gasteiger partial charge in [0.25, 0.3) is 5.91 Å². The fourth-order valence-corrected chi connectivity index (χ4v) is 2.45. The first kappa shape index (κ1) is 18.0. The minimum atomic E-state index is -0.919. The summed E-state index contributed by atoms with van der Waals surface area (Å²) in [4.78, 5) is 44.5. The van der Waals surface area contributed by atoms with Crippen molar-refractivity contribution in [2.75, 3.05) is 5.73 Å². The predicted molar refractivity (Wildman–Crippen MR) is 100 cm³/mol. The van der Waals surface area contributed by atoms with E-state index in [2.05, 4.69) is 10.3 Å². The fourth-order valence-electron chi connectivity index (χ4n) is 2.45. The molecule has 1 amide bonds. The number of hydrogen-bond acceptors (Lipinski definition) is 5. The maximum absolute atomic E-state index is 12.6. The van der Waals surface area contributed by atoms with E-state index in [1.54, 1.807) is 24.3 Å². The molecule has 0 saturated heterocycles. The Labute approximate surface area is 154 Å². The monoisotopic (exact) mass is 366 g/mol. The Morgan fingerprint density at radius 2 is 1.59 bits per heavy atom. The summed E-state index contributed by atoms with van der Waals surface area (Å²) >= 11 is 0. The first-order valence-corrected chi connectivity index (χ1v) is 8.20. The minimum absolute atomic E-state index is 0.0151. The number of hydrogen-bond donors (Lipinski definition) is 3. The van der Waals surface area contributed by atoms with Crippen molar-refractivity contribution in [1.82, 2.24) is 15.0 Å². The van der Waals surface area contributed by atoms with Crippen molar-refractivity contribution < 1.29 is 9.63 Å². The van der Waals surface area contributed by atoms with Gasteiger partial charge < -0.3 is 15.9 Å². The van der Waals surface area contributed by atoms with Gasteiger partial charge in [0.2, 0.25) is 0 Å². The standard InChI is InChI=1S/C19H18N4O4/c20-16-15(17(24)21-11-13-7-3-1-4-8-13)18(25)23(19(26)22-16)27-12-14-9-5-2-6-10-14/h1-10H,11-12,20H2,(H,21,24)(H,22,26). The molecule has 27 heavy (non-hydrogen) atoms. The zero-order chi connectivity index (χ0) is 19.2. The van der Waals surface area contributed by atoms with Crippen LogP contribution in [0.25, 0.3) is 0 Å². The van der Waals surface area contributed by atoms with E-state index in [0.29, 0.717) is 4.73 Å². The van der Waals surface area contributed by atoms with E-state index in [1.165, 1.54) is 0 Å². The molecule has 0 radical (unpaired) electrons. The van der Waals surface area contributed by atoms with E-state index >= 15 is 0 Å². The molecule has 0 fully saturated rings. The summed E-state index contributed by atoms with van der Waals surface area (Å²) in [6.07, 6.45) is 0. The number of nitrogens with two attached hydrogens (primary N) is 1. The van der Waals surface area contributed by atoms with Crippen LogP contribution in [0.3, 0.4) is 0 Å². The lowest BCUT2D eigenvalue weighted by atomic mass is 10.2. The Morgan fingerprint density at radius 1 is 1.00 bits per heavy atom. The van der Waals surface area contributed by atoms with Crippen LogP contribution in [0, 0.1) is 0 Å². The Bertz CT molecular complexity index is 1040.